The van der Waals surface area contributed by atoms with Crippen LogP contribution in [0.2, 0.25) is 0 Å². The van der Waals surface area contributed by atoms with E-state index in [1.165, 1.54) is 12.1 Å². The molecule has 0 spiro atoms. The van der Waals surface area contributed by atoms with Crippen LogP contribution in [0.5, 0.6) is 11.5 Å². The Morgan fingerprint density at radius 1 is 1.11 bits per heavy atom. The van der Waals surface area contributed by atoms with Gasteiger partial charge in [0, 0.05) is 19.0 Å². The number of nitrogens with one attached hydrogen (secondary N) is 2. The summed E-state index contributed by atoms with van der Waals surface area (Å²) in [5, 5.41) is 16.8. The monoisotopic (exact) mass is 369 g/mol. The van der Waals surface area contributed by atoms with E-state index in [4.69, 9.17) is 4.74 Å². The van der Waals surface area contributed by atoms with Gasteiger partial charge in [-0.1, -0.05) is 18.2 Å². The van der Waals surface area contributed by atoms with Gasteiger partial charge in [0.25, 0.3) is 0 Å². The van der Waals surface area contributed by atoms with Gasteiger partial charge in [-0.3, -0.25) is 19.7 Å². The first-order valence-corrected chi connectivity index (χ1v) is 8.53. The van der Waals surface area contributed by atoms with Crippen molar-refractivity contribution in [2.24, 2.45) is 0 Å². The van der Waals surface area contributed by atoms with Gasteiger partial charge in [-0.2, -0.15) is 0 Å². The predicted octanol–water partition coefficient (Wildman–Crippen LogP) is 2.45. The molecule has 2 amide bonds. The first-order chi connectivity index (χ1) is 12.9. The molecule has 0 saturated heterocycles. The Balaban J connectivity index is 1.97. The smallest absolute Gasteiger partial charge is 0.311 e. The minimum absolute atomic E-state index is 0.119. The number of nitro benzene ring substituents is 1. The van der Waals surface area contributed by atoms with E-state index in [2.05, 4.69) is 10.6 Å². The van der Waals surface area contributed by atoms with E-state index >= 15 is 0 Å². The number of ether oxygens (including phenoxy) is 1. The van der Waals surface area contributed by atoms with Crippen molar-refractivity contribution in [1.29, 1.82) is 0 Å². The molecule has 0 aromatic heterocycles. The molecule has 0 radical (unpaired) electrons. The molecule has 4 bridgehead atoms. The van der Waals surface area contributed by atoms with Gasteiger partial charge in [-0.25, -0.2) is 0 Å². The number of nitrogens with zero attached hydrogens (tertiary/aromatic N) is 1. The van der Waals surface area contributed by atoms with E-state index in [1.54, 1.807) is 37.3 Å². The van der Waals surface area contributed by atoms with Crippen LogP contribution in [0.1, 0.15) is 24.5 Å². The number of nitro groups is 1. The van der Waals surface area contributed by atoms with Crippen LogP contribution in [-0.4, -0.2) is 22.8 Å². The molecule has 8 nitrogen and oxygen atoms in total. The summed E-state index contributed by atoms with van der Waals surface area (Å²) in [4.78, 5) is 35.1. The summed E-state index contributed by atoms with van der Waals surface area (Å²) >= 11 is 0. The van der Waals surface area contributed by atoms with Crippen LogP contribution in [0.3, 0.4) is 0 Å². The molecule has 140 valence electrons. The standard InChI is InChI=1S/C19H19N3O5/c1-12-19(24)20-11-14-3-2-4-15(9-14)27-17-7-5-13(6-8-18(23)21-12)10-16(17)22(25)26/h2-5,7,9-10,12H,6,8,11H2,1H3,(H,20,24)(H,21,23)/t12-/m0/s1. The summed E-state index contributed by atoms with van der Waals surface area (Å²) in [6, 6.07) is 10.9. The van der Waals surface area contributed by atoms with Gasteiger partial charge in [0.1, 0.15) is 11.8 Å². The lowest BCUT2D eigenvalue weighted by Crippen LogP contribution is -2.44. The van der Waals surface area contributed by atoms with Gasteiger partial charge in [0.2, 0.25) is 17.6 Å². The SMILES string of the molecule is C[C@@H]1NC(=O)CCc2ccc(c([N+](=O)[O-])c2)Oc2cccc(c2)CNC1=O. The van der Waals surface area contributed by atoms with Crippen molar-refractivity contribution in [3.8, 4) is 11.5 Å². The van der Waals surface area contributed by atoms with Crippen molar-refractivity contribution in [3.63, 3.8) is 0 Å². The average molecular weight is 369 g/mol. The van der Waals surface area contributed by atoms with Gasteiger partial charge < -0.3 is 15.4 Å². The molecule has 0 unspecified atom stereocenters. The van der Waals surface area contributed by atoms with Crippen LogP contribution in [-0.2, 0) is 22.6 Å². The number of rotatable bonds is 1. The van der Waals surface area contributed by atoms with Gasteiger partial charge in [-0.15, -0.1) is 0 Å². The fourth-order valence-corrected chi connectivity index (χ4v) is 2.77. The highest BCUT2D eigenvalue weighted by Crippen LogP contribution is 2.32. The number of fused-ring (bicyclic) bond motifs is 9. The summed E-state index contributed by atoms with van der Waals surface area (Å²) in [5.41, 5.74) is 1.25. The third kappa shape index (κ3) is 4.60. The van der Waals surface area contributed by atoms with E-state index in [0.29, 0.717) is 17.7 Å². The molecule has 0 saturated carbocycles. The zero-order valence-electron chi connectivity index (χ0n) is 14.7. The average Bonchev–Trinajstić information content (AvgIpc) is 2.64. The third-order valence-corrected chi connectivity index (χ3v) is 4.22. The summed E-state index contributed by atoms with van der Waals surface area (Å²) in [6.45, 7) is 1.85. The second-order valence-electron chi connectivity index (χ2n) is 6.32. The Morgan fingerprint density at radius 3 is 2.70 bits per heavy atom. The normalized spacial score (nSPS) is 17.6. The van der Waals surface area contributed by atoms with Gasteiger partial charge in [-0.05, 0) is 42.7 Å². The molecule has 2 aliphatic rings. The fraction of sp³-hybridized carbons (Fsp3) is 0.263. The zero-order valence-corrected chi connectivity index (χ0v) is 14.7. The van der Waals surface area contributed by atoms with Crippen molar-refractivity contribution in [2.45, 2.75) is 32.4 Å². The summed E-state index contributed by atoms with van der Waals surface area (Å²) in [6.07, 6.45) is 0.435. The molecule has 2 heterocycles. The van der Waals surface area contributed by atoms with E-state index in [9.17, 15) is 19.7 Å². The molecule has 2 aromatic rings. The number of amides is 2. The lowest BCUT2D eigenvalue weighted by Gasteiger charge is -2.15. The Bertz CT molecular complexity index is 897. The maximum absolute atomic E-state index is 12.1. The highest BCUT2D eigenvalue weighted by atomic mass is 16.6. The lowest BCUT2D eigenvalue weighted by molar-refractivity contribution is -0.385. The predicted molar refractivity (Wildman–Crippen MR) is 97.4 cm³/mol. The number of aryl methyl sites for hydroxylation is 1. The Morgan fingerprint density at radius 2 is 1.93 bits per heavy atom. The minimum atomic E-state index is -0.679. The fourth-order valence-electron chi connectivity index (χ4n) is 2.77. The van der Waals surface area contributed by atoms with Crippen molar-refractivity contribution in [3.05, 3.63) is 63.7 Å². The quantitative estimate of drug-likeness (QED) is 0.592. The lowest BCUT2D eigenvalue weighted by atomic mass is 10.1. The molecule has 2 aliphatic heterocycles. The largest absolute Gasteiger partial charge is 0.450 e. The first-order valence-electron chi connectivity index (χ1n) is 8.53. The van der Waals surface area contributed by atoms with Crippen LogP contribution in [0.15, 0.2) is 42.5 Å². The summed E-state index contributed by atoms with van der Waals surface area (Å²) in [5.74, 6) is -0.0309. The van der Waals surface area contributed by atoms with E-state index < -0.39 is 11.0 Å². The Kier molecular flexibility index (Phi) is 5.35. The number of hydrogen-bond acceptors (Lipinski definition) is 5. The highest BCUT2D eigenvalue weighted by molar-refractivity contribution is 5.87. The van der Waals surface area contributed by atoms with Crippen molar-refractivity contribution >= 4 is 17.5 Å². The maximum Gasteiger partial charge on any atom is 0.311 e. The van der Waals surface area contributed by atoms with Crippen molar-refractivity contribution in [1.82, 2.24) is 10.6 Å². The van der Waals surface area contributed by atoms with E-state index in [0.717, 1.165) is 5.56 Å². The first kappa shape index (κ1) is 18.4. The molecule has 2 aromatic carbocycles. The van der Waals surface area contributed by atoms with Gasteiger partial charge in [0.05, 0.1) is 4.92 Å². The molecule has 0 aliphatic carbocycles. The van der Waals surface area contributed by atoms with Crippen LogP contribution in [0.4, 0.5) is 5.69 Å². The Hall–Kier alpha value is -3.42. The second kappa shape index (κ2) is 7.86. The molecule has 4 rings (SSSR count). The molecule has 8 heteroatoms. The summed E-state index contributed by atoms with van der Waals surface area (Å²) in [7, 11) is 0. The molecular formula is C19H19N3O5. The van der Waals surface area contributed by atoms with E-state index in [-0.39, 0.29) is 36.2 Å². The number of carbonyl (C=O) groups excluding carboxylic acids is 2. The summed E-state index contributed by atoms with van der Waals surface area (Å²) < 4.78 is 5.70. The van der Waals surface area contributed by atoms with Crippen molar-refractivity contribution in [2.75, 3.05) is 0 Å². The van der Waals surface area contributed by atoms with E-state index in [1.807, 2.05) is 0 Å². The number of carbonyl (C=O) groups is 2. The Labute approximate surface area is 155 Å². The third-order valence-electron chi connectivity index (χ3n) is 4.22. The van der Waals surface area contributed by atoms with Crippen LogP contribution in [0.25, 0.3) is 0 Å². The highest BCUT2D eigenvalue weighted by Gasteiger charge is 2.19. The van der Waals surface area contributed by atoms with Crippen LogP contribution >= 0.6 is 0 Å². The number of hydrogen-bond donors (Lipinski definition) is 2. The van der Waals surface area contributed by atoms with Gasteiger partial charge in [0.15, 0.2) is 0 Å². The second-order valence-corrected chi connectivity index (χ2v) is 6.32. The van der Waals surface area contributed by atoms with Crippen molar-refractivity contribution < 1.29 is 19.2 Å². The molecule has 0 fully saturated rings. The minimum Gasteiger partial charge on any atom is -0.450 e. The maximum atomic E-state index is 12.1. The zero-order chi connectivity index (χ0) is 19.4. The topological polar surface area (TPSA) is 111 Å². The molecular weight excluding hydrogens is 350 g/mol. The van der Waals surface area contributed by atoms with Crippen LogP contribution in [0, 0.1) is 10.1 Å². The van der Waals surface area contributed by atoms with Gasteiger partial charge >= 0.3 is 5.69 Å². The molecule has 1 atom stereocenters. The van der Waals surface area contributed by atoms with Crippen LogP contribution < -0.4 is 15.4 Å². The molecule has 2 N–H and O–H groups in total. The molecule has 27 heavy (non-hydrogen) atoms. The number of benzene rings is 2.